The van der Waals surface area contributed by atoms with Gasteiger partial charge in [-0.3, -0.25) is 4.18 Å². The Balaban J connectivity index is 1.89. The van der Waals surface area contributed by atoms with Crippen molar-refractivity contribution in [2.75, 3.05) is 6.61 Å². The fraction of sp³-hybridized carbons (Fsp3) is 0.690. The number of benzene rings is 1. The smallest absolute Gasteiger partial charge is 0.332 e. The van der Waals surface area contributed by atoms with Crippen molar-refractivity contribution in [3.63, 3.8) is 0 Å². The lowest BCUT2D eigenvalue weighted by molar-refractivity contribution is -0.218. The summed E-state index contributed by atoms with van der Waals surface area (Å²) in [6, 6.07) is 6.35. The summed E-state index contributed by atoms with van der Waals surface area (Å²) in [5.41, 5.74) is -1.43. The Morgan fingerprint density at radius 3 is 2.37 bits per heavy atom. The largest absolute Gasteiger partial charge is 0.460 e. The van der Waals surface area contributed by atoms with Crippen molar-refractivity contribution in [1.29, 1.82) is 0 Å². The Kier molecular flexibility index (Phi) is 7.69. The van der Waals surface area contributed by atoms with Gasteiger partial charge in [-0.05, 0) is 62.0 Å². The van der Waals surface area contributed by atoms with Crippen LogP contribution in [0.3, 0.4) is 0 Å². The first-order valence-electron chi connectivity index (χ1n) is 13.5. The maximum Gasteiger partial charge on any atom is 0.332 e. The third kappa shape index (κ3) is 4.44. The van der Waals surface area contributed by atoms with E-state index in [1.54, 1.807) is 18.2 Å². The molecule has 4 rings (SSSR count). The lowest BCUT2D eigenvalue weighted by atomic mass is 9.43. The van der Waals surface area contributed by atoms with Crippen LogP contribution < -0.4 is 0 Å². The Hall–Kier alpha value is -1.78. The second-order valence-corrected chi connectivity index (χ2v) is 14.0. The molecule has 0 radical (unpaired) electrons. The van der Waals surface area contributed by atoms with Crippen LogP contribution in [0.4, 0.5) is 0 Å². The maximum atomic E-state index is 13.5. The molecule has 0 aliphatic heterocycles. The average Bonchev–Trinajstić information content (AvgIpc) is 3.16. The van der Waals surface area contributed by atoms with Crippen molar-refractivity contribution in [2.45, 2.75) is 89.6 Å². The van der Waals surface area contributed by atoms with Crippen LogP contribution in [0.2, 0.25) is 0 Å². The molecule has 212 valence electrons. The van der Waals surface area contributed by atoms with Crippen LogP contribution in [0, 0.1) is 40.9 Å². The third-order valence-corrected chi connectivity index (χ3v) is 11.8. The Bertz CT molecular complexity index is 1170. The van der Waals surface area contributed by atoms with E-state index in [1.165, 1.54) is 12.1 Å². The van der Waals surface area contributed by atoms with Crippen LogP contribution in [-0.4, -0.2) is 60.7 Å². The second kappa shape index (κ2) is 10.0. The van der Waals surface area contributed by atoms with Crippen LogP contribution in [0.15, 0.2) is 41.8 Å². The van der Waals surface area contributed by atoms with Gasteiger partial charge in [-0.1, -0.05) is 51.5 Å². The molecule has 0 heterocycles. The van der Waals surface area contributed by atoms with Gasteiger partial charge in [0, 0.05) is 16.7 Å². The van der Waals surface area contributed by atoms with Gasteiger partial charge in [0.1, 0.15) is 18.8 Å². The van der Waals surface area contributed by atoms with Crippen molar-refractivity contribution in [3.8, 4) is 0 Å². The molecule has 3 fully saturated rings. The zero-order valence-corrected chi connectivity index (χ0v) is 23.8. The van der Waals surface area contributed by atoms with Gasteiger partial charge in [-0.25, -0.2) is 4.79 Å². The van der Waals surface area contributed by atoms with E-state index in [9.17, 15) is 28.5 Å². The highest BCUT2D eigenvalue weighted by Crippen LogP contribution is 2.69. The lowest BCUT2D eigenvalue weighted by Gasteiger charge is -2.63. The number of ether oxygens (including phenoxy) is 1. The number of carbonyl (C=O) groups is 1. The third-order valence-electron chi connectivity index (χ3n) is 10.5. The highest BCUT2D eigenvalue weighted by Gasteiger charge is 2.71. The molecule has 3 aliphatic rings. The van der Waals surface area contributed by atoms with Crippen molar-refractivity contribution < 1.29 is 37.5 Å². The van der Waals surface area contributed by atoms with E-state index in [-0.39, 0.29) is 29.6 Å². The van der Waals surface area contributed by atoms with E-state index in [1.807, 2.05) is 34.6 Å². The first kappa shape index (κ1) is 29.2. The minimum absolute atomic E-state index is 0.000953. The highest BCUT2D eigenvalue weighted by molar-refractivity contribution is 7.86. The first-order chi connectivity index (χ1) is 17.7. The number of carbonyl (C=O) groups excluding carboxylic acids is 1. The average molecular weight is 551 g/mol. The molecule has 38 heavy (non-hydrogen) atoms. The number of aliphatic hydroxyl groups excluding tert-OH is 3. The van der Waals surface area contributed by atoms with Gasteiger partial charge < -0.3 is 20.1 Å². The summed E-state index contributed by atoms with van der Waals surface area (Å²) in [6.07, 6.45) is -0.325. The first-order valence-corrected chi connectivity index (χ1v) is 14.9. The molecule has 8 nitrogen and oxygen atoms in total. The van der Waals surface area contributed by atoms with Gasteiger partial charge in [0.2, 0.25) is 0 Å². The Morgan fingerprint density at radius 1 is 1.16 bits per heavy atom. The summed E-state index contributed by atoms with van der Waals surface area (Å²) in [4.78, 5) is 12.5. The van der Waals surface area contributed by atoms with Crippen molar-refractivity contribution in [2.24, 2.45) is 34.0 Å². The van der Waals surface area contributed by atoms with Crippen LogP contribution in [0.1, 0.15) is 58.9 Å². The zero-order chi connectivity index (χ0) is 28.3. The molecule has 4 unspecified atom stereocenters. The number of aliphatic hydroxyl groups is 3. The van der Waals surface area contributed by atoms with Gasteiger partial charge in [0.05, 0.1) is 17.1 Å². The van der Waals surface area contributed by atoms with E-state index in [0.29, 0.717) is 6.42 Å². The molecule has 10 atom stereocenters. The molecule has 1 aromatic carbocycles. The summed E-state index contributed by atoms with van der Waals surface area (Å²) in [5, 5.41) is 32.7. The molecular formula is C29H42O8S. The van der Waals surface area contributed by atoms with E-state index in [0.717, 1.165) is 12.0 Å². The number of hydrogen-bond donors (Lipinski definition) is 3. The zero-order valence-electron chi connectivity index (χ0n) is 23.0. The van der Waals surface area contributed by atoms with Gasteiger partial charge in [-0.15, -0.1) is 6.58 Å². The monoisotopic (exact) mass is 550 g/mol. The molecule has 3 N–H and O–H groups in total. The van der Waals surface area contributed by atoms with E-state index in [2.05, 4.69) is 6.58 Å². The molecule has 9 heteroatoms. The van der Waals surface area contributed by atoms with Crippen molar-refractivity contribution in [1.82, 2.24) is 0 Å². The quantitative estimate of drug-likeness (QED) is 0.279. The second-order valence-electron chi connectivity index (χ2n) is 12.4. The predicted octanol–water partition coefficient (Wildman–Crippen LogP) is 3.37. The summed E-state index contributed by atoms with van der Waals surface area (Å²) >= 11 is 0. The summed E-state index contributed by atoms with van der Waals surface area (Å²) in [6.45, 7) is 12.9. The fourth-order valence-corrected chi connectivity index (χ4v) is 9.06. The van der Waals surface area contributed by atoms with Crippen LogP contribution in [0.25, 0.3) is 0 Å². The number of aryl methyl sites for hydroxylation is 1. The highest BCUT2D eigenvalue weighted by atomic mass is 32.2. The normalized spacial score (nSPS) is 43.0. The minimum atomic E-state index is -4.23. The summed E-state index contributed by atoms with van der Waals surface area (Å²) < 4.78 is 38.7. The van der Waals surface area contributed by atoms with Crippen LogP contribution in [-0.2, 0) is 23.8 Å². The minimum Gasteiger partial charge on any atom is -0.460 e. The molecule has 1 aromatic rings. The standard InChI is InChI=1S/C29H42O8S/c1-7-27(5)15-22(36-23(32)16-30)28(6)18(3)12-13-29(19(4)26(27)33)14-21(31)24(25(28)29)37-38(34,35)20-10-8-17(2)9-11-20/h7-11,18-19,21-22,24-26,30-31,33H,1,12-16H2,2-6H3/t18?,19-,21?,22+,24?,25?,26-,27+,28-,29-/m0/s1. The molecule has 0 spiro atoms. The Labute approximate surface area is 226 Å². The fourth-order valence-electron chi connectivity index (χ4n) is 7.95. The molecule has 0 aromatic heterocycles. The number of hydrogen-bond acceptors (Lipinski definition) is 8. The summed E-state index contributed by atoms with van der Waals surface area (Å²) in [7, 11) is -4.23. The molecule has 0 amide bonds. The molecule has 3 aliphatic carbocycles. The molecule has 0 saturated heterocycles. The van der Waals surface area contributed by atoms with Gasteiger partial charge in [-0.2, -0.15) is 8.42 Å². The van der Waals surface area contributed by atoms with Crippen molar-refractivity contribution in [3.05, 3.63) is 42.5 Å². The molecule has 2 bridgehead atoms. The SMILES string of the molecule is C=C[C@]1(C)C[C@@H](OC(=O)CO)[C@]2(C)C(C)CC[C@]3(CC(O)C(OS(=O)(=O)c4ccc(C)cc4)C32)[C@@H](C)[C@@H]1O. The number of rotatable bonds is 6. The summed E-state index contributed by atoms with van der Waals surface area (Å²) in [5.74, 6) is -1.71. The van der Waals surface area contributed by atoms with Gasteiger partial charge in [0.25, 0.3) is 10.1 Å². The van der Waals surface area contributed by atoms with Crippen LogP contribution in [0.5, 0.6) is 0 Å². The van der Waals surface area contributed by atoms with E-state index < -0.39 is 69.3 Å². The lowest BCUT2D eigenvalue weighted by Crippen LogP contribution is -2.64. The van der Waals surface area contributed by atoms with Crippen LogP contribution >= 0.6 is 0 Å². The molecule has 3 saturated carbocycles. The predicted molar refractivity (Wildman–Crippen MR) is 141 cm³/mol. The van der Waals surface area contributed by atoms with E-state index in [4.69, 9.17) is 8.92 Å². The Morgan fingerprint density at radius 2 is 1.79 bits per heavy atom. The van der Waals surface area contributed by atoms with Crippen molar-refractivity contribution >= 4 is 16.1 Å². The van der Waals surface area contributed by atoms with Gasteiger partial charge in [0.15, 0.2) is 0 Å². The maximum absolute atomic E-state index is 13.5. The van der Waals surface area contributed by atoms with Gasteiger partial charge >= 0.3 is 5.97 Å². The van der Waals surface area contributed by atoms with E-state index >= 15 is 0 Å². The topological polar surface area (TPSA) is 130 Å². The molecular weight excluding hydrogens is 508 g/mol. The number of esters is 1.